The summed E-state index contributed by atoms with van der Waals surface area (Å²) in [6.07, 6.45) is -0.824. The number of halogens is 3. The van der Waals surface area contributed by atoms with Crippen molar-refractivity contribution in [3.63, 3.8) is 0 Å². The number of para-hydroxylation sites is 1. The van der Waals surface area contributed by atoms with Crippen molar-refractivity contribution in [2.75, 3.05) is 17.2 Å². The molecular formula is C31H31F3N6O2S. The Balaban J connectivity index is 1.13. The number of nitrogens with zero attached hydrogens (tertiary/aromatic N) is 5. The number of aromatic nitrogens is 3. The maximum Gasteiger partial charge on any atom is 0.573 e. The van der Waals surface area contributed by atoms with Gasteiger partial charge in [0.25, 0.3) is 0 Å². The molecule has 12 heteroatoms. The quantitative estimate of drug-likeness (QED) is 0.220. The molecule has 0 spiro atoms. The Morgan fingerprint density at radius 1 is 1.09 bits per heavy atom. The highest BCUT2D eigenvalue weighted by atomic mass is 32.2. The molecule has 1 aliphatic rings. The average molecular weight is 609 g/mol. The number of carbonyl (C=O) groups is 1. The first-order valence-electron chi connectivity index (χ1n) is 13.9. The van der Waals surface area contributed by atoms with Crippen molar-refractivity contribution < 1.29 is 22.7 Å². The number of anilines is 1. The first-order chi connectivity index (χ1) is 20.7. The molecule has 0 aliphatic carbocycles. The van der Waals surface area contributed by atoms with Crippen LogP contribution in [0.15, 0.2) is 84.1 Å². The number of aliphatic imine (C=N–C) groups is 1. The van der Waals surface area contributed by atoms with Crippen LogP contribution in [-0.4, -0.2) is 50.7 Å². The molecule has 1 aliphatic heterocycles. The molecule has 0 saturated carbocycles. The Morgan fingerprint density at radius 3 is 2.56 bits per heavy atom. The number of aryl methyl sites for hydroxylation is 2. The zero-order valence-electron chi connectivity index (χ0n) is 23.7. The third-order valence-electron chi connectivity index (χ3n) is 6.91. The molecule has 1 unspecified atom stereocenters. The van der Waals surface area contributed by atoms with Gasteiger partial charge in [-0.05, 0) is 67.6 Å². The lowest BCUT2D eigenvalue weighted by atomic mass is 10.0. The molecule has 1 N–H and O–H groups in total. The zero-order chi connectivity index (χ0) is 30.4. The van der Waals surface area contributed by atoms with Crippen LogP contribution < -0.4 is 15.0 Å². The number of amides is 2. The predicted molar refractivity (Wildman–Crippen MR) is 163 cm³/mol. The lowest BCUT2D eigenvalue weighted by Crippen LogP contribution is -2.33. The van der Waals surface area contributed by atoms with E-state index in [-0.39, 0.29) is 17.8 Å². The molecule has 4 aromatic rings. The monoisotopic (exact) mass is 608 g/mol. The highest BCUT2D eigenvalue weighted by Gasteiger charge is 2.31. The van der Waals surface area contributed by atoms with Gasteiger partial charge in [-0.15, -0.1) is 18.3 Å². The van der Waals surface area contributed by atoms with E-state index in [2.05, 4.69) is 49.1 Å². The standard InChI is InChI=1S/C31H31F3N6O2S/c1-3-23-6-4-5-7-27(23)39-18-19-43-30(39)37-29(41)36-21(2)8-9-22-10-12-24(13-11-22)28-35-20-40(38-28)25-14-16-26(17-15-25)42-31(32,33)34/h4-7,10-17,20-21H,3,8-9,18-19H2,1-2H3,(H,36,41). The summed E-state index contributed by atoms with van der Waals surface area (Å²) in [6.45, 7) is 4.91. The normalized spacial score (nSPS) is 15.1. The number of hydrogen-bond acceptors (Lipinski definition) is 5. The van der Waals surface area contributed by atoms with Crippen molar-refractivity contribution in [1.82, 2.24) is 20.1 Å². The van der Waals surface area contributed by atoms with Crippen LogP contribution in [0.2, 0.25) is 0 Å². The van der Waals surface area contributed by atoms with Gasteiger partial charge < -0.3 is 15.0 Å². The molecule has 2 heterocycles. The van der Waals surface area contributed by atoms with E-state index in [0.717, 1.165) is 53.5 Å². The Labute approximate surface area is 252 Å². The average Bonchev–Trinajstić information content (AvgIpc) is 3.66. The fourth-order valence-corrected chi connectivity index (χ4v) is 5.67. The topological polar surface area (TPSA) is 84.6 Å². The van der Waals surface area contributed by atoms with E-state index >= 15 is 0 Å². The number of alkyl halides is 3. The van der Waals surface area contributed by atoms with E-state index in [1.165, 1.54) is 40.8 Å². The van der Waals surface area contributed by atoms with Gasteiger partial charge in [0.15, 0.2) is 11.0 Å². The molecule has 224 valence electrons. The van der Waals surface area contributed by atoms with Crippen LogP contribution in [0.25, 0.3) is 17.1 Å². The minimum absolute atomic E-state index is 0.0652. The molecule has 5 rings (SSSR count). The summed E-state index contributed by atoms with van der Waals surface area (Å²) >= 11 is 1.59. The summed E-state index contributed by atoms with van der Waals surface area (Å²) in [6, 6.07) is 21.0. The lowest BCUT2D eigenvalue weighted by Gasteiger charge is -2.21. The van der Waals surface area contributed by atoms with Gasteiger partial charge in [-0.2, -0.15) is 4.99 Å². The minimum atomic E-state index is -4.74. The Morgan fingerprint density at radius 2 is 1.84 bits per heavy atom. The number of benzene rings is 3. The number of amidine groups is 1. The number of hydrogen-bond donors (Lipinski definition) is 1. The van der Waals surface area contributed by atoms with E-state index < -0.39 is 6.36 Å². The maximum absolute atomic E-state index is 12.7. The van der Waals surface area contributed by atoms with Gasteiger partial charge in [0, 0.05) is 29.6 Å². The molecule has 8 nitrogen and oxygen atoms in total. The minimum Gasteiger partial charge on any atom is -0.406 e. The molecule has 1 atom stereocenters. The molecule has 1 saturated heterocycles. The summed E-state index contributed by atoms with van der Waals surface area (Å²) in [7, 11) is 0. The van der Waals surface area contributed by atoms with E-state index in [1.807, 2.05) is 43.3 Å². The van der Waals surface area contributed by atoms with Gasteiger partial charge in [-0.25, -0.2) is 14.5 Å². The second kappa shape index (κ2) is 13.3. The number of nitrogens with one attached hydrogen (secondary N) is 1. The van der Waals surface area contributed by atoms with Crippen LogP contribution in [0, 0.1) is 0 Å². The third kappa shape index (κ3) is 7.95. The molecule has 1 fully saturated rings. The number of rotatable bonds is 9. The van der Waals surface area contributed by atoms with Gasteiger partial charge in [-0.1, -0.05) is 61.2 Å². The van der Waals surface area contributed by atoms with E-state index in [9.17, 15) is 18.0 Å². The Kier molecular flexibility index (Phi) is 9.34. The fourth-order valence-electron chi connectivity index (χ4n) is 4.72. The van der Waals surface area contributed by atoms with Gasteiger partial charge in [-0.3, -0.25) is 0 Å². The molecular weight excluding hydrogens is 577 g/mol. The largest absolute Gasteiger partial charge is 0.573 e. The van der Waals surface area contributed by atoms with Crippen LogP contribution in [0.5, 0.6) is 5.75 Å². The number of thioether (sulfide) groups is 1. The zero-order valence-corrected chi connectivity index (χ0v) is 24.5. The van der Waals surface area contributed by atoms with Gasteiger partial charge in [0.1, 0.15) is 12.1 Å². The van der Waals surface area contributed by atoms with Crippen LogP contribution in [0.4, 0.5) is 23.7 Å². The summed E-state index contributed by atoms with van der Waals surface area (Å²) in [4.78, 5) is 23.6. The first-order valence-corrected chi connectivity index (χ1v) is 14.9. The fraction of sp³-hybridized carbons (Fsp3) is 0.290. The third-order valence-corrected chi connectivity index (χ3v) is 7.87. The van der Waals surface area contributed by atoms with Gasteiger partial charge in [0.2, 0.25) is 0 Å². The maximum atomic E-state index is 12.7. The highest BCUT2D eigenvalue weighted by Crippen LogP contribution is 2.29. The summed E-state index contributed by atoms with van der Waals surface area (Å²) in [5.74, 6) is 1.07. The Hall–Kier alpha value is -4.32. The van der Waals surface area contributed by atoms with Gasteiger partial charge >= 0.3 is 12.4 Å². The molecule has 0 bridgehead atoms. The van der Waals surface area contributed by atoms with Crippen LogP contribution in [0.1, 0.15) is 31.4 Å². The smallest absolute Gasteiger partial charge is 0.406 e. The van der Waals surface area contributed by atoms with Crippen molar-refractivity contribution in [3.8, 4) is 22.8 Å². The number of urea groups is 1. The van der Waals surface area contributed by atoms with Crippen LogP contribution in [0.3, 0.4) is 0 Å². The van der Waals surface area contributed by atoms with Gasteiger partial charge in [0.05, 0.1) is 5.69 Å². The van der Waals surface area contributed by atoms with Crippen LogP contribution >= 0.6 is 11.8 Å². The molecule has 0 radical (unpaired) electrons. The molecule has 43 heavy (non-hydrogen) atoms. The van der Waals surface area contributed by atoms with E-state index in [4.69, 9.17) is 0 Å². The van der Waals surface area contributed by atoms with Crippen LogP contribution in [-0.2, 0) is 12.8 Å². The molecule has 2 amide bonds. The predicted octanol–water partition coefficient (Wildman–Crippen LogP) is 7.04. The summed E-state index contributed by atoms with van der Waals surface area (Å²) in [5, 5.41) is 8.17. The second-order valence-corrected chi connectivity index (χ2v) is 11.1. The number of carbonyl (C=O) groups excluding carboxylic acids is 1. The first kappa shape index (κ1) is 30.1. The van der Waals surface area contributed by atoms with Crippen molar-refractivity contribution in [2.45, 2.75) is 45.5 Å². The van der Waals surface area contributed by atoms with Crippen molar-refractivity contribution in [1.29, 1.82) is 0 Å². The Bertz CT molecular complexity index is 1570. The SMILES string of the molecule is CCc1ccccc1N1CCSC1=NC(=O)NC(C)CCc1ccc(-c2ncn(-c3ccc(OC(F)(F)F)cc3)n2)cc1. The van der Waals surface area contributed by atoms with E-state index in [1.54, 1.807) is 11.8 Å². The lowest BCUT2D eigenvalue weighted by molar-refractivity contribution is -0.274. The van der Waals surface area contributed by atoms with E-state index in [0.29, 0.717) is 11.5 Å². The molecule has 1 aromatic heterocycles. The molecule has 3 aromatic carbocycles. The summed E-state index contributed by atoms with van der Waals surface area (Å²) in [5.41, 5.74) is 4.80. The van der Waals surface area contributed by atoms with Crippen molar-refractivity contribution in [2.24, 2.45) is 4.99 Å². The van der Waals surface area contributed by atoms with Crippen molar-refractivity contribution >= 4 is 28.6 Å². The second-order valence-electron chi connectivity index (χ2n) is 10.0. The highest BCUT2D eigenvalue weighted by molar-refractivity contribution is 8.14. The van der Waals surface area contributed by atoms with Crippen molar-refractivity contribution in [3.05, 3.63) is 90.3 Å². The number of ether oxygens (including phenoxy) is 1. The summed E-state index contributed by atoms with van der Waals surface area (Å²) < 4.78 is 42.6.